The van der Waals surface area contributed by atoms with Gasteiger partial charge in [0.15, 0.2) is 0 Å². The number of hydrogen-bond acceptors (Lipinski definition) is 4. The normalized spacial score (nSPS) is 14.8. The molecule has 0 radical (unpaired) electrons. The molecule has 1 amide bonds. The standard InChI is InChI=1S/C17H18N2O2S/c20-17(19-8-10-21-11-9-19)15-6-7-16(18-12-15)22-13-14-4-2-1-3-5-14/h1-7,12H,8-11,13H2. The topological polar surface area (TPSA) is 42.4 Å². The van der Waals surface area contributed by atoms with E-state index in [2.05, 4.69) is 17.1 Å². The molecule has 0 atom stereocenters. The van der Waals surface area contributed by atoms with E-state index in [1.807, 2.05) is 35.2 Å². The van der Waals surface area contributed by atoms with E-state index in [0.29, 0.717) is 31.9 Å². The van der Waals surface area contributed by atoms with Crippen molar-refractivity contribution in [2.45, 2.75) is 10.8 Å². The van der Waals surface area contributed by atoms with Crippen LogP contribution in [0.2, 0.25) is 0 Å². The van der Waals surface area contributed by atoms with Crippen LogP contribution in [0.5, 0.6) is 0 Å². The molecular formula is C17H18N2O2S. The summed E-state index contributed by atoms with van der Waals surface area (Å²) in [7, 11) is 0. The summed E-state index contributed by atoms with van der Waals surface area (Å²) in [5, 5.41) is 0.933. The minimum Gasteiger partial charge on any atom is -0.378 e. The van der Waals surface area contributed by atoms with Crippen molar-refractivity contribution < 1.29 is 9.53 Å². The molecule has 1 aromatic heterocycles. The van der Waals surface area contributed by atoms with E-state index in [9.17, 15) is 4.79 Å². The number of aromatic nitrogens is 1. The number of pyridine rings is 1. The maximum atomic E-state index is 12.3. The average molecular weight is 314 g/mol. The van der Waals surface area contributed by atoms with Crippen LogP contribution in [0.15, 0.2) is 53.7 Å². The van der Waals surface area contributed by atoms with Crippen molar-refractivity contribution in [3.8, 4) is 0 Å². The number of ether oxygens (including phenoxy) is 1. The second-order valence-electron chi connectivity index (χ2n) is 5.06. The molecule has 4 nitrogen and oxygen atoms in total. The fourth-order valence-corrected chi connectivity index (χ4v) is 3.07. The number of carbonyl (C=O) groups excluding carboxylic acids is 1. The van der Waals surface area contributed by atoms with Gasteiger partial charge in [-0.15, -0.1) is 11.8 Å². The van der Waals surface area contributed by atoms with Crippen molar-refractivity contribution >= 4 is 17.7 Å². The number of carbonyl (C=O) groups is 1. The number of rotatable bonds is 4. The monoisotopic (exact) mass is 314 g/mol. The minimum atomic E-state index is 0.0374. The van der Waals surface area contributed by atoms with Crippen LogP contribution in [0.25, 0.3) is 0 Å². The SMILES string of the molecule is O=C(c1ccc(SCc2ccccc2)nc1)N1CCOCC1. The van der Waals surface area contributed by atoms with Crippen LogP contribution in [0.3, 0.4) is 0 Å². The van der Waals surface area contributed by atoms with Crippen LogP contribution in [-0.4, -0.2) is 42.1 Å². The van der Waals surface area contributed by atoms with Gasteiger partial charge in [-0.05, 0) is 17.7 Å². The molecule has 1 aliphatic heterocycles. The molecule has 3 rings (SSSR count). The van der Waals surface area contributed by atoms with Crippen molar-refractivity contribution in [2.75, 3.05) is 26.3 Å². The van der Waals surface area contributed by atoms with Gasteiger partial charge < -0.3 is 9.64 Å². The smallest absolute Gasteiger partial charge is 0.255 e. The second kappa shape index (κ2) is 7.42. The first-order valence-electron chi connectivity index (χ1n) is 7.33. The van der Waals surface area contributed by atoms with Crippen LogP contribution < -0.4 is 0 Å². The Morgan fingerprint density at radius 3 is 2.59 bits per heavy atom. The quantitative estimate of drug-likeness (QED) is 0.814. The van der Waals surface area contributed by atoms with Crippen LogP contribution in [0.4, 0.5) is 0 Å². The third-order valence-electron chi connectivity index (χ3n) is 3.51. The molecule has 5 heteroatoms. The Kier molecular flexibility index (Phi) is 5.08. The highest BCUT2D eigenvalue weighted by Gasteiger charge is 2.18. The molecule has 0 aliphatic carbocycles. The third-order valence-corrected chi connectivity index (χ3v) is 4.53. The zero-order valence-corrected chi connectivity index (χ0v) is 13.1. The Balaban J connectivity index is 1.59. The third kappa shape index (κ3) is 3.87. The van der Waals surface area contributed by atoms with Crippen molar-refractivity contribution in [1.29, 1.82) is 0 Å². The Morgan fingerprint density at radius 2 is 1.91 bits per heavy atom. The first-order valence-corrected chi connectivity index (χ1v) is 8.31. The molecule has 0 saturated carbocycles. The summed E-state index contributed by atoms with van der Waals surface area (Å²) in [6.07, 6.45) is 1.67. The van der Waals surface area contributed by atoms with E-state index in [1.54, 1.807) is 18.0 Å². The van der Waals surface area contributed by atoms with E-state index in [4.69, 9.17) is 4.74 Å². The molecule has 0 bridgehead atoms. The molecule has 0 unspecified atom stereocenters. The average Bonchev–Trinajstić information content (AvgIpc) is 2.61. The van der Waals surface area contributed by atoms with Crippen LogP contribution >= 0.6 is 11.8 Å². The summed E-state index contributed by atoms with van der Waals surface area (Å²) >= 11 is 1.67. The second-order valence-corrected chi connectivity index (χ2v) is 6.06. The van der Waals surface area contributed by atoms with E-state index in [1.165, 1.54) is 5.56 Å². The Bertz CT molecular complexity index is 610. The number of morpholine rings is 1. The molecule has 1 saturated heterocycles. The maximum absolute atomic E-state index is 12.3. The van der Waals surface area contributed by atoms with Gasteiger partial charge >= 0.3 is 0 Å². The van der Waals surface area contributed by atoms with Crippen LogP contribution in [-0.2, 0) is 10.5 Å². The largest absolute Gasteiger partial charge is 0.378 e. The molecular weight excluding hydrogens is 296 g/mol. The highest BCUT2D eigenvalue weighted by atomic mass is 32.2. The van der Waals surface area contributed by atoms with Crippen LogP contribution in [0.1, 0.15) is 15.9 Å². The van der Waals surface area contributed by atoms with Crippen molar-refractivity contribution in [1.82, 2.24) is 9.88 Å². The summed E-state index contributed by atoms with van der Waals surface area (Å²) in [4.78, 5) is 18.5. The van der Waals surface area contributed by atoms with Gasteiger partial charge in [0.2, 0.25) is 0 Å². The molecule has 1 aromatic carbocycles. The van der Waals surface area contributed by atoms with E-state index < -0.39 is 0 Å². The van der Waals surface area contributed by atoms with Crippen LogP contribution in [0, 0.1) is 0 Å². The zero-order chi connectivity index (χ0) is 15.2. The summed E-state index contributed by atoms with van der Waals surface area (Å²) in [6, 6.07) is 14.1. The van der Waals surface area contributed by atoms with Gasteiger partial charge in [-0.3, -0.25) is 4.79 Å². The zero-order valence-electron chi connectivity index (χ0n) is 12.3. The highest BCUT2D eigenvalue weighted by molar-refractivity contribution is 7.98. The first-order chi connectivity index (χ1) is 10.8. The number of benzene rings is 1. The lowest BCUT2D eigenvalue weighted by Crippen LogP contribution is -2.40. The van der Waals surface area contributed by atoms with E-state index in [-0.39, 0.29) is 5.91 Å². The summed E-state index contributed by atoms with van der Waals surface area (Å²) in [6.45, 7) is 2.54. The van der Waals surface area contributed by atoms with Gasteiger partial charge in [-0.25, -0.2) is 4.98 Å². The Morgan fingerprint density at radius 1 is 1.14 bits per heavy atom. The van der Waals surface area contributed by atoms with Crippen molar-refractivity contribution in [2.24, 2.45) is 0 Å². The number of thioether (sulfide) groups is 1. The van der Waals surface area contributed by atoms with E-state index in [0.717, 1.165) is 10.8 Å². The molecule has 22 heavy (non-hydrogen) atoms. The molecule has 2 aromatic rings. The fraction of sp³-hybridized carbons (Fsp3) is 0.294. The molecule has 1 fully saturated rings. The number of amides is 1. The van der Waals surface area contributed by atoms with Gasteiger partial charge in [-0.2, -0.15) is 0 Å². The summed E-state index contributed by atoms with van der Waals surface area (Å²) < 4.78 is 5.27. The summed E-state index contributed by atoms with van der Waals surface area (Å²) in [5.41, 5.74) is 1.91. The number of hydrogen-bond donors (Lipinski definition) is 0. The van der Waals surface area contributed by atoms with Crippen molar-refractivity contribution in [3.63, 3.8) is 0 Å². The van der Waals surface area contributed by atoms with Gasteiger partial charge in [0.05, 0.1) is 23.8 Å². The summed E-state index contributed by atoms with van der Waals surface area (Å²) in [5.74, 6) is 0.917. The van der Waals surface area contributed by atoms with Gasteiger partial charge in [-0.1, -0.05) is 30.3 Å². The number of nitrogens with zero attached hydrogens (tertiary/aromatic N) is 2. The lowest BCUT2D eigenvalue weighted by atomic mass is 10.2. The maximum Gasteiger partial charge on any atom is 0.255 e. The van der Waals surface area contributed by atoms with Crippen molar-refractivity contribution in [3.05, 3.63) is 59.8 Å². The van der Waals surface area contributed by atoms with Gasteiger partial charge in [0.1, 0.15) is 0 Å². The predicted molar refractivity (Wildman–Crippen MR) is 87.0 cm³/mol. The molecule has 114 valence electrons. The lowest BCUT2D eigenvalue weighted by Gasteiger charge is -2.26. The predicted octanol–water partition coefficient (Wildman–Crippen LogP) is 2.85. The molecule has 0 spiro atoms. The minimum absolute atomic E-state index is 0.0374. The Hall–Kier alpha value is -1.85. The van der Waals surface area contributed by atoms with E-state index >= 15 is 0 Å². The Labute approximate surface area is 134 Å². The van der Waals surface area contributed by atoms with Gasteiger partial charge in [0, 0.05) is 25.0 Å². The molecule has 1 aliphatic rings. The fourth-order valence-electron chi connectivity index (χ4n) is 2.27. The molecule has 2 heterocycles. The first kappa shape index (κ1) is 15.1. The molecule has 0 N–H and O–H groups in total. The lowest BCUT2D eigenvalue weighted by molar-refractivity contribution is 0.0302. The highest BCUT2D eigenvalue weighted by Crippen LogP contribution is 2.21. The van der Waals surface area contributed by atoms with Gasteiger partial charge in [0.25, 0.3) is 5.91 Å².